The molecule has 0 N–H and O–H groups in total. The molecule has 7 rings (SSSR count). The summed E-state index contributed by atoms with van der Waals surface area (Å²) >= 11 is 0. The molecule has 0 spiro atoms. The SMILES string of the molecule is Bc1ccc(-c2ccc(N(c3ccc4ccccc4c3)c3ccc4ccccc4c3)cc2)c2ccccc12. The van der Waals surface area contributed by atoms with Gasteiger partial charge in [0.2, 0.25) is 0 Å². The Morgan fingerprint density at radius 1 is 0.395 bits per heavy atom. The van der Waals surface area contributed by atoms with E-state index in [0.717, 1.165) is 17.1 Å². The number of rotatable bonds is 4. The molecule has 0 amide bonds. The maximum absolute atomic E-state index is 2.36. The van der Waals surface area contributed by atoms with Crippen LogP contribution in [-0.2, 0) is 0 Å². The van der Waals surface area contributed by atoms with Crippen molar-refractivity contribution in [1.82, 2.24) is 0 Å². The summed E-state index contributed by atoms with van der Waals surface area (Å²) in [5, 5.41) is 7.56. The maximum Gasteiger partial charge on any atom is 0.140 e. The van der Waals surface area contributed by atoms with Gasteiger partial charge in [-0.1, -0.05) is 115 Å². The fraction of sp³-hybridized carbons (Fsp3) is 0. The van der Waals surface area contributed by atoms with Crippen molar-refractivity contribution in [3.8, 4) is 11.1 Å². The molecule has 0 aliphatic heterocycles. The monoisotopic (exact) mass is 483 g/mol. The van der Waals surface area contributed by atoms with E-state index in [2.05, 4.69) is 158 Å². The summed E-state index contributed by atoms with van der Waals surface area (Å²) in [5.41, 5.74) is 7.22. The Morgan fingerprint density at radius 2 is 0.895 bits per heavy atom. The molecule has 38 heavy (non-hydrogen) atoms. The summed E-state index contributed by atoms with van der Waals surface area (Å²) in [6, 6.07) is 52.7. The lowest BCUT2D eigenvalue weighted by Gasteiger charge is -2.26. The van der Waals surface area contributed by atoms with Gasteiger partial charge in [-0.05, 0) is 79.8 Å². The highest BCUT2D eigenvalue weighted by Gasteiger charge is 2.14. The highest BCUT2D eigenvalue weighted by atomic mass is 15.1. The van der Waals surface area contributed by atoms with Crippen LogP contribution in [0.4, 0.5) is 17.1 Å². The smallest absolute Gasteiger partial charge is 0.140 e. The molecule has 0 radical (unpaired) electrons. The zero-order valence-electron chi connectivity index (χ0n) is 21.3. The van der Waals surface area contributed by atoms with Crippen LogP contribution in [0.5, 0.6) is 0 Å². The van der Waals surface area contributed by atoms with E-state index in [4.69, 9.17) is 0 Å². The summed E-state index contributed by atoms with van der Waals surface area (Å²) in [6.45, 7) is 0. The Hall–Kier alpha value is -4.82. The zero-order valence-corrected chi connectivity index (χ0v) is 21.3. The van der Waals surface area contributed by atoms with Gasteiger partial charge in [-0.25, -0.2) is 0 Å². The third-order valence-corrected chi connectivity index (χ3v) is 7.56. The first-order valence-electron chi connectivity index (χ1n) is 13.1. The van der Waals surface area contributed by atoms with Gasteiger partial charge in [-0.15, -0.1) is 0 Å². The highest BCUT2D eigenvalue weighted by Crippen LogP contribution is 2.38. The fourth-order valence-corrected chi connectivity index (χ4v) is 5.57. The van der Waals surface area contributed by atoms with Crippen molar-refractivity contribution in [3.05, 3.63) is 146 Å². The van der Waals surface area contributed by atoms with E-state index in [1.165, 1.54) is 48.9 Å². The van der Waals surface area contributed by atoms with Gasteiger partial charge < -0.3 is 4.90 Å². The van der Waals surface area contributed by atoms with Crippen molar-refractivity contribution < 1.29 is 0 Å². The van der Waals surface area contributed by atoms with E-state index in [0.29, 0.717) is 0 Å². The Morgan fingerprint density at radius 3 is 1.50 bits per heavy atom. The van der Waals surface area contributed by atoms with Crippen LogP contribution in [0.2, 0.25) is 0 Å². The molecule has 0 aliphatic carbocycles. The standard InChI is InChI=1S/C36H26BN/c37-36-22-21-33(34-11-5-6-12-35(34)36)27-15-17-30(18-16-27)38(31-19-13-25-7-1-3-9-28(25)23-31)32-20-14-26-8-2-4-10-29(26)24-32/h1-24H,37H2. The van der Waals surface area contributed by atoms with E-state index in [1.807, 2.05) is 0 Å². The van der Waals surface area contributed by atoms with E-state index >= 15 is 0 Å². The van der Waals surface area contributed by atoms with Crippen molar-refractivity contribution in [2.24, 2.45) is 0 Å². The lowest BCUT2D eigenvalue weighted by molar-refractivity contribution is 1.29. The van der Waals surface area contributed by atoms with Gasteiger partial charge in [0.25, 0.3) is 0 Å². The maximum atomic E-state index is 2.36. The van der Waals surface area contributed by atoms with Gasteiger partial charge in [0.05, 0.1) is 0 Å². The second kappa shape index (κ2) is 9.25. The van der Waals surface area contributed by atoms with Gasteiger partial charge >= 0.3 is 0 Å². The van der Waals surface area contributed by atoms with Crippen LogP contribution < -0.4 is 10.4 Å². The minimum Gasteiger partial charge on any atom is -0.310 e. The van der Waals surface area contributed by atoms with E-state index < -0.39 is 0 Å². The summed E-state index contributed by atoms with van der Waals surface area (Å²) in [4.78, 5) is 2.36. The van der Waals surface area contributed by atoms with E-state index in [9.17, 15) is 0 Å². The lowest BCUT2D eigenvalue weighted by Crippen LogP contribution is -2.10. The van der Waals surface area contributed by atoms with Gasteiger partial charge in [-0.3, -0.25) is 0 Å². The Labute approximate surface area is 224 Å². The second-order valence-corrected chi connectivity index (χ2v) is 9.92. The molecule has 178 valence electrons. The number of benzene rings is 7. The van der Waals surface area contributed by atoms with Crippen LogP contribution in [0.25, 0.3) is 43.4 Å². The second-order valence-electron chi connectivity index (χ2n) is 9.92. The predicted molar refractivity (Wildman–Crippen MR) is 167 cm³/mol. The lowest BCUT2D eigenvalue weighted by atomic mass is 9.86. The summed E-state index contributed by atoms with van der Waals surface area (Å²) in [6.07, 6.45) is 0. The Bertz CT molecular complexity index is 1860. The molecule has 0 aliphatic rings. The van der Waals surface area contributed by atoms with Crippen LogP contribution in [0, 0.1) is 0 Å². The minimum absolute atomic E-state index is 1.13. The molecule has 7 aromatic carbocycles. The van der Waals surface area contributed by atoms with Crippen molar-refractivity contribution in [3.63, 3.8) is 0 Å². The van der Waals surface area contributed by atoms with Crippen LogP contribution in [0.1, 0.15) is 0 Å². The largest absolute Gasteiger partial charge is 0.310 e. The van der Waals surface area contributed by atoms with Crippen LogP contribution in [0.3, 0.4) is 0 Å². The van der Waals surface area contributed by atoms with E-state index in [1.54, 1.807) is 0 Å². The number of fused-ring (bicyclic) bond motifs is 3. The number of hydrogen-bond acceptors (Lipinski definition) is 1. The molecular weight excluding hydrogens is 457 g/mol. The molecule has 0 unspecified atom stereocenters. The number of nitrogens with zero attached hydrogens (tertiary/aromatic N) is 1. The Kier molecular flexibility index (Phi) is 5.45. The molecule has 0 fully saturated rings. The molecule has 0 aromatic heterocycles. The fourth-order valence-electron chi connectivity index (χ4n) is 5.57. The average molecular weight is 483 g/mol. The molecular formula is C36H26BN. The van der Waals surface area contributed by atoms with Crippen LogP contribution >= 0.6 is 0 Å². The minimum atomic E-state index is 1.13. The van der Waals surface area contributed by atoms with E-state index in [-0.39, 0.29) is 0 Å². The van der Waals surface area contributed by atoms with Crippen molar-refractivity contribution in [2.75, 3.05) is 4.90 Å². The molecule has 7 aromatic rings. The third kappa shape index (κ3) is 3.92. The molecule has 0 atom stereocenters. The molecule has 2 heteroatoms. The molecule has 0 saturated carbocycles. The van der Waals surface area contributed by atoms with Gasteiger partial charge in [0.1, 0.15) is 7.85 Å². The highest BCUT2D eigenvalue weighted by molar-refractivity contribution is 6.39. The Balaban J connectivity index is 1.37. The predicted octanol–water partition coefficient (Wildman–Crippen LogP) is 8.54. The zero-order chi connectivity index (χ0) is 25.5. The molecule has 0 heterocycles. The first-order chi connectivity index (χ1) is 18.7. The third-order valence-electron chi connectivity index (χ3n) is 7.56. The van der Waals surface area contributed by atoms with Crippen LogP contribution in [-0.4, -0.2) is 7.85 Å². The topological polar surface area (TPSA) is 3.24 Å². The summed E-state index contributed by atoms with van der Waals surface area (Å²) < 4.78 is 0. The van der Waals surface area contributed by atoms with Crippen LogP contribution in [0.15, 0.2) is 146 Å². The first kappa shape index (κ1) is 22.4. The molecule has 1 nitrogen and oxygen atoms in total. The summed E-state index contributed by atoms with van der Waals surface area (Å²) in [7, 11) is 2.18. The molecule has 0 bridgehead atoms. The van der Waals surface area contributed by atoms with Gasteiger partial charge in [0.15, 0.2) is 0 Å². The van der Waals surface area contributed by atoms with Crippen molar-refractivity contribution >= 4 is 62.7 Å². The first-order valence-corrected chi connectivity index (χ1v) is 13.1. The van der Waals surface area contributed by atoms with Gasteiger partial charge in [-0.2, -0.15) is 0 Å². The molecule has 0 saturated heterocycles. The number of hydrogen-bond donors (Lipinski definition) is 0. The normalized spacial score (nSPS) is 11.3. The quantitative estimate of drug-likeness (QED) is 0.227. The van der Waals surface area contributed by atoms with Gasteiger partial charge in [0, 0.05) is 17.1 Å². The number of anilines is 3. The summed E-state index contributed by atoms with van der Waals surface area (Å²) in [5.74, 6) is 0. The average Bonchev–Trinajstić information content (AvgIpc) is 2.98. The van der Waals surface area contributed by atoms with Crippen molar-refractivity contribution in [1.29, 1.82) is 0 Å². The van der Waals surface area contributed by atoms with Crippen molar-refractivity contribution in [2.45, 2.75) is 0 Å².